The SMILES string of the molecule is Cc1ccnc(C)c1N(c1cccc(-c2nc(-c3ccccc3O)nc3c2oc2ccccc23)c1)c1ccccn1. The Morgan fingerprint density at radius 1 is 0.756 bits per heavy atom. The number of aryl methyl sites for hydroxylation is 2. The normalized spacial score (nSPS) is 11.3. The van der Waals surface area contributed by atoms with E-state index in [-0.39, 0.29) is 5.75 Å². The van der Waals surface area contributed by atoms with Gasteiger partial charge < -0.3 is 9.52 Å². The number of pyridine rings is 2. The Hall–Kier alpha value is -5.56. The van der Waals surface area contributed by atoms with Gasteiger partial charge in [0.05, 0.1) is 16.9 Å². The molecule has 41 heavy (non-hydrogen) atoms. The highest BCUT2D eigenvalue weighted by Crippen LogP contribution is 2.41. The number of anilines is 3. The molecule has 3 aromatic carbocycles. The van der Waals surface area contributed by atoms with Crippen molar-refractivity contribution in [3.8, 4) is 28.4 Å². The highest BCUT2D eigenvalue weighted by molar-refractivity contribution is 6.07. The van der Waals surface area contributed by atoms with E-state index < -0.39 is 0 Å². The molecule has 7 rings (SSSR count). The van der Waals surface area contributed by atoms with Crippen molar-refractivity contribution in [3.05, 3.63) is 121 Å². The number of fused-ring (bicyclic) bond motifs is 3. The Kier molecular flexibility index (Phi) is 5.90. The molecule has 7 heteroatoms. The average Bonchev–Trinajstić information content (AvgIpc) is 3.38. The maximum Gasteiger partial charge on any atom is 0.180 e. The van der Waals surface area contributed by atoms with Crippen molar-refractivity contribution in [2.75, 3.05) is 4.90 Å². The molecular formula is C34H25N5O2. The van der Waals surface area contributed by atoms with Crippen LogP contribution in [0.25, 0.3) is 44.7 Å². The van der Waals surface area contributed by atoms with Gasteiger partial charge in [-0.2, -0.15) is 0 Å². The number of aromatic hydroxyl groups is 1. The van der Waals surface area contributed by atoms with Gasteiger partial charge in [0, 0.05) is 29.0 Å². The molecule has 0 fully saturated rings. The maximum absolute atomic E-state index is 10.7. The van der Waals surface area contributed by atoms with Crippen LogP contribution >= 0.6 is 0 Å². The smallest absolute Gasteiger partial charge is 0.180 e. The molecule has 7 nitrogen and oxygen atoms in total. The lowest BCUT2D eigenvalue weighted by Crippen LogP contribution is -2.14. The molecule has 4 aromatic heterocycles. The second kappa shape index (κ2) is 9.88. The minimum atomic E-state index is 0.114. The van der Waals surface area contributed by atoms with E-state index in [0.29, 0.717) is 28.2 Å². The highest BCUT2D eigenvalue weighted by atomic mass is 16.3. The molecule has 0 radical (unpaired) electrons. The summed E-state index contributed by atoms with van der Waals surface area (Å²) in [7, 11) is 0. The van der Waals surface area contributed by atoms with Gasteiger partial charge in [-0.1, -0.05) is 42.5 Å². The van der Waals surface area contributed by atoms with Crippen LogP contribution in [0.4, 0.5) is 17.2 Å². The molecule has 1 N–H and O–H groups in total. The molecule has 7 aromatic rings. The lowest BCUT2D eigenvalue weighted by molar-refractivity contribution is 0.477. The molecule has 4 heterocycles. The second-order valence-corrected chi connectivity index (χ2v) is 9.82. The average molecular weight is 536 g/mol. The van der Waals surface area contributed by atoms with Crippen molar-refractivity contribution in [1.82, 2.24) is 19.9 Å². The van der Waals surface area contributed by atoms with Crippen molar-refractivity contribution in [2.45, 2.75) is 13.8 Å². The van der Waals surface area contributed by atoms with Crippen molar-refractivity contribution >= 4 is 39.3 Å². The van der Waals surface area contributed by atoms with Gasteiger partial charge in [-0.15, -0.1) is 0 Å². The van der Waals surface area contributed by atoms with E-state index in [1.807, 2.05) is 92.0 Å². The highest BCUT2D eigenvalue weighted by Gasteiger charge is 2.22. The number of benzene rings is 3. The van der Waals surface area contributed by atoms with Crippen LogP contribution in [-0.4, -0.2) is 25.0 Å². The van der Waals surface area contributed by atoms with Crippen molar-refractivity contribution < 1.29 is 9.52 Å². The fourth-order valence-electron chi connectivity index (χ4n) is 5.25. The Morgan fingerprint density at radius 2 is 1.59 bits per heavy atom. The van der Waals surface area contributed by atoms with Gasteiger partial charge in [-0.25, -0.2) is 15.0 Å². The third kappa shape index (κ3) is 4.24. The Labute approximate surface area is 236 Å². The summed E-state index contributed by atoms with van der Waals surface area (Å²) in [6.07, 6.45) is 3.61. The molecule has 0 saturated carbocycles. The van der Waals surface area contributed by atoms with Gasteiger partial charge in [-0.3, -0.25) is 9.88 Å². The third-order valence-electron chi connectivity index (χ3n) is 7.15. The molecule has 0 saturated heterocycles. The fourth-order valence-corrected chi connectivity index (χ4v) is 5.25. The van der Waals surface area contributed by atoms with E-state index >= 15 is 0 Å². The van der Waals surface area contributed by atoms with E-state index in [1.54, 1.807) is 18.3 Å². The summed E-state index contributed by atoms with van der Waals surface area (Å²) in [6, 6.07) is 30.9. The quantitative estimate of drug-likeness (QED) is 0.237. The number of para-hydroxylation sites is 2. The second-order valence-electron chi connectivity index (χ2n) is 9.82. The molecule has 0 unspecified atom stereocenters. The number of hydrogen-bond acceptors (Lipinski definition) is 7. The Bertz CT molecular complexity index is 2030. The van der Waals surface area contributed by atoms with Crippen molar-refractivity contribution in [1.29, 1.82) is 0 Å². The summed E-state index contributed by atoms with van der Waals surface area (Å²) in [5.41, 5.74) is 7.85. The molecule has 0 atom stereocenters. The zero-order valence-electron chi connectivity index (χ0n) is 22.5. The summed E-state index contributed by atoms with van der Waals surface area (Å²) < 4.78 is 6.34. The zero-order valence-corrected chi connectivity index (χ0v) is 22.5. The molecule has 0 amide bonds. The predicted molar refractivity (Wildman–Crippen MR) is 162 cm³/mol. The lowest BCUT2D eigenvalue weighted by atomic mass is 10.1. The number of hydrogen-bond donors (Lipinski definition) is 1. The third-order valence-corrected chi connectivity index (χ3v) is 7.15. The van der Waals surface area contributed by atoms with Crippen LogP contribution in [0, 0.1) is 13.8 Å². The largest absolute Gasteiger partial charge is 0.507 e. The first-order chi connectivity index (χ1) is 20.1. The molecule has 0 aliphatic heterocycles. The van der Waals surface area contributed by atoms with Gasteiger partial charge in [-0.05, 0) is 74.0 Å². The van der Waals surface area contributed by atoms with Gasteiger partial charge in [0.25, 0.3) is 0 Å². The predicted octanol–water partition coefficient (Wildman–Crippen LogP) is 8.29. The van der Waals surface area contributed by atoms with Gasteiger partial charge in [0.2, 0.25) is 0 Å². The minimum Gasteiger partial charge on any atom is -0.507 e. The number of phenols is 1. The molecule has 0 aliphatic rings. The van der Waals surface area contributed by atoms with Crippen LogP contribution in [0.2, 0.25) is 0 Å². The number of nitrogens with zero attached hydrogens (tertiary/aromatic N) is 5. The Balaban J connectivity index is 1.49. The summed E-state index contributed by atoms with van der Waals surface area (Å²) in [5.74, 6) is 1.31. The zero-order chi connectivity index (χ0) is 27.9. The number of rotatable bonds is 5. The molecule has 0 bridgehead atoms. The molecule has 0 spiro atoms. The summed E-state index contributed by atoms with van der Waals surface area (Å²) >= 11 is 0. The number of furan rings is 1. The van der Waals surface area contributed by atoms with Crippen LogP contribution in [0.5, 0.6) is 5.75 Å². The topological polar surface area (TPSA) is 88.2 Å². The Morgan fingerprint density at radius 3 is 2.41 bits per heavy atom. The molecule has 198 valence electrons. The molecular weight excluding hydrogens is 510 g/mol. The van der Waals surface area contributed by atoms with E-state index in [2.05, 4.69) is 27.9 Å². The lowest BCUT2D eigenvalue weighted by Gasteiger charge is -2.27. The van der Waals surface area contributed by atoms with E-state index in [4.69, 9.17) is 14.4 Å². The van der Waals surface area contributed by atoms with Crippen LogP contribution < -0.4 is 4.90 Å². The monoisotopic (exact) mass is 535 g/mol. The fraction of sp³-hybridized carbons (Fsp3) is 0.0588. The van der Waals surface area contributed by atoms with Gasteiger partial charge in [0.1, 0.15) is 28.4 Å². The van der Waals surface area contributed by atoms with Gasteiger partial charge >= 0.3 is 0 Å². The standard InChI is InChI=1S/C34H25N5O2/c1-21-17-19-35-22(2)32(21)39(29-16-7-8-18-36-29)24-11-9-10-23(20-24)30-33-31(26-13-4-6-15-28(26)41-33)38-34(37-30)25-12-3-5-14-27(25)40/h3-20,40H,1-2H3. The van der Waals surface area contributed by atoms with Gasteiger partial charge in [0.15, 0.2) is 11.4 Å². The summed E-state index contributed by atoms with van der Waals surface area (Å²) in [4.78, 5) is 21.2. The summed E-state index contributed by atoms with van der Waals surface area (Å²) in [6.45, 7) is 4.08. The van der Waals surface area contributed by atoms with Crippen LogP contribution in [0.15, 0.2) is 114 Å². The minimum absolute atomic E-state index is 0.114. The first kappa shape index (κ1) is 24.5. The van der Waals surface area contributed by atoms with Crippen molar-refractivity contribution in [3.63, 3.8) is 0 Å². The first-order valence-corrected chi connectivity index (χ1v) is 13.3. The first-order valence-electron chi connectivity index (χ1n) is 13.3. The number of phenolic OH excluding ortho intramolecular Hbond substituents is 1. The van der Waals surface area contributed by atoms with E-state index in [9.17, 15) is 5.11 Å². The molecule has 0 aliphatic carbocycles. The van der Waals surface area contributed by atoms with Crippen LogP contribution in [0.1, 0.15) is 11.3 Å². The van der Waals surface area contributed by atoms with E-state index in [0.717, 1.165) is 45.0 Å². The van der Waals surface area contributed by atoms with Crippen LogP contribution in [-0.2, 0) is 0 Å². The van der Waals surface area contributed by atoms with Crippen LogP contribution in [0.3, 0.4) is 0 Å². The summed E-state index contributed by atoms with van der Waals surface area (Å²) in [5, 5.41) is 11.5. The maximum atomic E-state index is 10.7. The van der Waals surface area contributed by atoms with Crippen molar-refractivity contribution in [2.24, 2.45) is 0 Å². The van der Waals surface area contributed by atoms with E-state index in [1.165, 1.54) is 0 Å². The number of aromatic nitrogens is 4.